The Balaban J connectivity index is 1.79. The number of hydrogen-bond acceptors (Lipinski definition) is 9. The maximum Gasteiger partial charge on any atom is 0.255 e. The molecule has 1 amide bonds. The van der Waals surface area contributed by atoms with Gasteiger partial charge >= 0.3 is 0 Å². The molecule has 0 aromatic heterocycles. The van der Waals surface area contributed by atoms with Crippen molar-refractivity contribution >= 4 is 29.0 Å². The molecule has 0 aliphatic heterocycles. The van der Waals surface area contributed by atoms with Crippen molar-refractivity contribution in [1.82, 2.24) is 5.32 Å². The molecule has 1 aromatic rings. The first kappa shape index (κ1) is 23.7. The third-order valence-corrected chi connectivity index (χ3v) is 7.08. The number of aliphatic hydroxyl groups is 3. The number of fused-ring (bicyclic) bond motifs is 3. The van der Waals surface area contributed by atoms with Gasteiger partial charge < -0.3 is 31.5 Å². The van der Waals surface area contributed by atoms with Crippen LogP contribution in [0.5, 0.6) is 5.75 Å². The van der Waals surface area contributed by atoms with Crippen LogP contribution in [0.3, 0.4) is 0 Å². The molecule has 3 aliphatic carbocycles. The second-order valence-corrected chi connectivity index (χ2v) is 9.00. The summed E-state index contributed by atoms with van der Waals surface area (Å²) in [7, 11) is 0. The number of Topliss-reactive ketones (excluding diaryl/α,β-unsaturated/α-hetero) is 3. The smallest absolute Gasteiger partial charge is 0.255 e. The molecule has 1 aromatic carbocycles. The topological polar surface area (TPSA) is 187 Å². The van der Waals surface area contributed by atoms with E-state index in [0.29, 0.717) is 17.5 Å². The summed E-state index contributed by atoms with van der Waals surface area (Å²) in [4.78, 5) is 49.1. The molecule has 180 valence electrons. The van der Waals surface area contributed by atoms with Crippen molar-refractivity contribution in [3.63, 3.8) is 0 Å². The fraction of sp³-hybridized carbons (Fsp3) is 0.417. The summed E-state index contributed by atoms with van der Waals surface area (Å²) in [6.45, 7) is 2.20. The zero-order chi connectivity index (χ0) is 24.9. The second kappa shape index (κ2) is 8.37. The highest BCUT2D eigenvalue weighted by atomic mass is 16.3. The number of phenolic OH excluding ortho intramolecular Hbond substituents is 1. The van der Waals surface area contributed by atoms with Gasteiger partial charge in [0.1, 0.15) is 28.6 Å². The van der Waals surface area contributed by atoms with Gasteiger partial charge in [0, 0.05) is 30.9 Å². The molecule has 0 spiro atoms. The maximum atomic E-state index is 13.4. The molecule has 1 saturated carbocycles. The summed E-state index contributed by atoms with van der Waals surface area (Å²) in [5.41, 5.74) is 2.93. The predicted octanol–water partition coefficient (Wildman–Crippen LogP) is 0.493. The van der Waals surface area contributed by atoms with E-state index in [0.717, 1.165) is 0 Å². The van der Waals surface area contributed by atoms with Crippen LogP contribution in [0.25, 0.3) is 5.76 Å². The van der Waals surface area contributed by atoms with E-state index in [4.69, 9.17) is 5.73 Å². The summed E-state index contributed by atoms with van der Waals surface area (Å²) in [5.74, 6) is -6.53. The lowest BCUT2D eigenvalue weighted by molar-refractivity contribution is -0.147. The molecule has 3 aliphatic rings. The van der Waals surface area contributed by atoms with Crippen LogP contribution in [0.1, 0.15) is 42.9 Å². The molecule has 1 fully saturated rings. The van der Waals surface area contributed by atoms with Crippen molar-refractivity contribution in [1.29, 1.82) is 0 Å². The fourth-order valence-corrected chi connectivity index (χ4v) is 5.31. The summed E-state index contributed by atoms with van der Waals surface area (Å²) in [6, 6.07) is 3.02. The molecule has 10 heteroatoms. The van der Waals surface area contributed by atoms with Crippen molar-refractivity contribution in [3.8, 4) is 5.75 Å². The third kappa shape index (κ3) is 3.41. The molecule has 10 nitrogen and oxygen atoms in total. The number of aromatic hydroxyl groups is 1. The summed E-state index contributed by atoms with van der Waals surface area (Å²) in [6.07, 6.45) is 0.316. The number of aliphatic hydroxyl groups excluding tert-OH is 2. The van der Waals surface area contributed by atoms with E-state index in [1.165, 1.54) is 6.07 Å². The third-order valence-electron chi connectivity index (χ3n) is 7.08. The fourth-order valence-electron chi connectivity index (χ4n) is 5.31. The van der Waals surface area contributed by atoms with E-state index in [2.05, 4.69) is 5.32 Å². The highest BCUT2D eigenvalue weighted by Crippen LogP contribution is 2.52. The average Bonchev–Trinajstić information content (AvgIpc) is 2.77. The van der Waals surface area contributed by atoms with Crippen LogP contribution < -0.4 is 11.1 Å². The van der Waals surface area contributed by atoms with Crippen molar-refractivity contribution in [3.05, 3.63) is 45.7 Å². The van der Waals surface area contributed by atoms with E-state index < -0.39 is 52.0 Å². The minimum Gasteiger partial charge on any atom is -0.508 e. The van der Waals surface area contributed by atoms with E-state index in [-0.39, 0.29) is 55.0 Å². The molecule has 0 unspecified atom stereocenters. The SMILES string of the molecule is CCC(=O)CNCc1ccc(O)c2c1C[C@H]1C[C@H]3CC(=O)C(C(N)=O)=C(O)[C@@]3(O)C(=O)C1=C2O. The number of nitrogens with one attached hydrogen (secondary N) is 1. The number of nitrogens with two attached hydrogens (primary N) is 1. The van der Waals surface area contributed by atoms with Crippen LogP contribution in [-0.2, 0) is 32.1 Å². The molecular weight excluding hydrogens is 444 g/mol. The zero-order valence-corrected chi connectivity index (χ0v) is 18.6. The quantitative estimate of drug-likeness (QED) is 0.322. The molecule has 4 rings (SSSR count). The largest absolute Gasteiger partial charge is 0.508 e. The molecular formula is C24H26N2O8. The average molecular weight is 470 g/mol. The molecule has 0 heterocycles. The number of hydrogen-bond donors (Lipinski definition) is 6. The van der Waals surface area contributed by atoms with Crippen molar-refractivity contribution in [2.75, 3.05) is 6.54 Å². The van der Waals surface area contributed by atoms with Gasteiger partial charge in [-0.25, -0.2) is 0 Å². The minimum absolute atomic E-state index is 0.0278. The Morgan fingerprint density at radius 3 is 2.53 bits per heavy atom. The number of rotatable bonds is 6. The predicted molar refractivity (Wildman–Crippen MR) is 118 cm³/mol. The molecule has 7 N–H and O–H groups in total. The Morgan fingerprint density at radius 2 is 1.88 bits per heavy atom. The van der Waals surface area contributed by atoms with Crippen molar-refractivity contribution < 1.29 is 39.6 Å². The highest BCUT2D eigenvalue weighted by Gasteiger charge is 2.60. The summed E-state index contributed by atoms with van der Waals surface area (Å²) < 4.78 is 0. The Labute approximate surface area is 194 Å². The van der Waals surface area contributed by atoms with Crippen molar-refractivity contribution in [2.45, 2.75) is 44.8 Å². The first-order chi connectivity index (χ1) is 16.0. The molecule has 0 radical (unpaired) electrons. The summed E-state index contributed by atoms with van der Waals surface area (Å²) >= 11 is 0. The zero-order valence-electron chi connectivity index (χ0n) is 18.6. The van der Waals surface area contributed by atoms with Crippen LogP contribution in [0.15, 0.2) is 29.0 Å². The maximum absolute atomic E-state index is 13.4. The first-order valence-electron chi connectivity index (χ1n) is 11.1. The van der Waals surface area contributed by atoms with Gasteiger partial charge in [-0.1, -0.05) is 13.0 Å². The van der Waals surface area contributed by atoms with Gasteiger partial charge in [0.15, 0.2) is 11.4 Å². The second-order valence-electron chi connectivity index (χ2n) is 9.00. The Hall–Kier alpha value is -3.50. The summed E-state index contributed by atoms with van der Waals surface area (Å²) in [5, 5.41) is 46.3. The van der Waals surface area contributed by atoms with Gasteiger partial charge in [-0.2, -0.15) is 0 Å². The Morgan fingerprint density at radius 1 is 1.18 bits per heavy atom. The van der Waals surface area contributed by atoms with Gasteiger partial charge in [-0.3, -0.25) is 19.2 Å². The van der Waals surface area contributed by atoms with Gasteiger partial charge in [-0.15, -0.1) is 0 Å². The lowest BCUT2D eigenvalue weighted by Crippen LogP contribution is -2.58. The Kier molecular flexibility index (Phi) is 5.82. The molecule has 34 heavy (non-hydrogen) atoms. The van der Waals surface area contributed by atoms with Crippen LogP contribution in [-0.4, -0.2) is 55.8 Å². The van der Waals surface area contributed by atoms with Gasteiger partial charge in [-0.05, 0) is 36.0 Å². The minimum atomic E-state index is -2.58. The van der Waals surface area contributed by atoms with Crippen LogP contribution >= 0.6 is 0 Å². The number of ketones is 3. The van der Waals surface area contributed by atoms with Crippen LogP contribution in [0.4, 0.5) is 0 Å². The Bertz CT molecular complexity index is 1200. The van der Waals surface area contributed by atoms with E-state index in [1.54, 1.807) is 13.0 Å². The standard InChI is InChI=1S/C24H26N2O8/c1-2-13(27)9-26-8-10-3-4-15(28)18-14(10)6-11-5-12-7-16(29)19(23(25)33)22(32)24(12,34)21(31)17(11)20(18)30/h3-4,11-12,26,28,30,32,34H,2,5-9H2,1H3,(H2,25,33)/t11-,12+,24+/m1/s1. The van der Waals surface area contributed by atoms with E-state index >= 15 is 0 Å². The number of carbonyl (C=O) groups is 4. The molecule has 3 atom stereocenters. The lowest BCUT2D eigenvalue weighted by atomic mass is 9.59. The van der Waals surface area contributed by atoms with Crippen LogP contribution in [0, 0.1) is 11.8 Å². The van der Waals surface area contributed by atoms with Crippen molar-refractivity contribution in [2.24, 2.45) is 17.6 Å². The van der Waals surface area contributed by atoms with Gasteiger partial charge in [0.25, 0.3) is 5.91 Å². The normalized spacial score (nSPS) is 26.2. The first-order valence-corrected chi connectivity index (χ1v) is 11.1. The van der Waals surface area contributed by atoms with Crippen LogP contribution in [0.2, 0.25) is 0 Å². The number of primary amides is 1. The van der Waals surface area contributed by atoms with E-state index in [9.17, 15) is 39.6 Å². The number of carbonyl (C=O) groups excluding carboxylic acids is 4. The lowest BCUT2D eigenvalue weighted by Gasteiger charge is -2.46. The highest BCUT2D eigenvalue weighted by molar-refractivity contribution is 6.22. The number of benzene rings is 1. The number of amides is 1. The monoisotopic (exact) mass is 470 g/mol. The molecule has 0 saturated heterocycles. The molecule has 0 bridgehead atoms. The van der Waals surface area contributed by atoms with Gasteiger partial charge in [0.2, 0.25) is 5.78 Å². The van der Waals surface area contributed by atoms with E-state index in [1.807, 2.05) is 0 Å². The van der Waals surface area contributed by atoms with Gasteiger partial charge in [0.05, 0.1) is 12.1 Å². The number of phenols is 1.